The number of piperidine rings is 1. The van der Waals surface area contributed by atoms with Crippen molar-refractivity contribution in [3.8, 4) is 5.75 Å². The summed E-state index contributed by atoms with van der Waals surface area (Å²) in [5.74, 6) is 1.04. The van der Waals surface area contributed by atoms with Gasteiger partial charge in [0.15, 0.2) is 5.13 Å². The Balaban J connectivity index is 1.69. The van der Waals surface area contributed by atoms with Gasteiger partial charge in [0.05, 0.1) is 18.4 Å². The molecule has 3 rings (SSSR count). The highest BCUT2D eigenvalue weighted by atomic mass is 35.5. The summed E-state index contributed by atoms with van der Waals surface area (Å²) in [5, 5.41) is 3.98. The second-order valence-electron chi connectivity index (χ2n) is 6.79. The van der Waals surface area contributed by atoms with Gasteiger partial charge >= 0.3 is 0 Å². The van der Waals surface area contributed by atoms with Crippen LogP contribution in [0.5, 0.6) is 5.75 Å². The molecule has 26 heavy (non-hydrogen) atoms. The first-order valence-electron chi connectivity index (χ1n) is 8.80. The van der Waals surface area contributed by atoms with E-state index in [-0.39, 0.29) is 5.91 Å². The number of anilines is 1. The fourth-order valence-electron chi connectivity index (χ4n) is 3.07. The van der Waals surface area contributed by atoms with E-state index in [4.69, 9.17) is 16.3 Å². The molecule has 0 radical (unpaired) electrons. The van der Waals surface area contributed by atoms with E-state index < -0.39 is 0 Å². The maximum Gasteiger partial charge on any atom is 0.261 e. The van der Waals surface area contributed by atoms with Crippen LogP contribution >= 0.6 is 22.9 Å². The first-order valence-corrected chi connectivity index (χ1v) is 9.99. The number of hydrogen-bond acceptors (Lipinski definition) is 5. The first-order chi connectivity index (χ1) is 12.5. The molecule has 1 aromatic carbocycles. The van der Waals surface area contributed by atoms with E-state index >= 15 is 0 Å². The third-order valence-corrected chi connectivity index (χ3v) is 6.06. The van der Waals surface area contributed by atoms with Crippen molar-refractivity contribution in [1.82, 2.24) is 9.88 Å². The molecule has 0 atom stereocenters. The minimum Gasteiger partial charge on any atom is -0.496 e. The molecular weight excluding hydrogens is 370 g/mol. The molecule has 7 heteroatoms. The van der Waals surface area contributed by atoms with Crippen molar-refractivity contribution in [2.45, 2.75) is 33.2 Å². The number of rotatable bonds is 5. The molecule has 1 aliphatic heterocycles. The van der Waals surface area contributed by atoms with Crippen LogP contribution in [0.3, 0.4) is 0 Å². The molecule has 2 heterocycles. The molecule has 1 fully saturated rings. The first kappa shape index (κ1) is 19.1. The second-order valence-corrected chi connectivity index (χ2v) is 8.31. The average molecular weight is 394 g/mol. The standard InChI is InChI=1S/C19H24ClN3O2S/c1-12-6-8-23(9-7-12)11-17-13(2)21-19(26-17)22-18(24)15-10-14(20)4-5-16(15)25-3/h4-5,10,12H,6-9,11H2,1-3H3,(H,21,22,24). The summed E-state index contributed by atoms with van der Waals surface area (Å²) in [5.41, 5.74) is 1.38. The van der Waals surface area contributed by atoms with Crippen LogP contribution in [0.15, 0.2) is 18.2 Å². The van der Waals surface area contributed by atoms with Crippen molar-refractivity contribution >= 4 is 34.0 Å². The number of aryl methyl sites for hydroxylation is 1. The summed E-state index contributed by atoms with van der Waals surface area (Å²) in [6, 6.07) is 4.99. The molecule has 0 aliphatic carbocycles. The lowest BCUT2D eigenvalue weighted by atomic mass is 9.99. The molecule has 1 N–H and O–H groups in total. The molecule has 5 nitrogen and oxygen atoms in total. The number of benzene rings is 1. The summed E-state index contributed by atoms with van der Waals surface area (Å²) in [4.78, 5) is 20.8. The SMILES string of the molecule is COc1ccc(Cl)cc1C(=O)Nc1nc(C)c(CN2CCC(C)CC2)s1. The predicted molar refractivity (Wildman–Crippen MR) is 106 cm³/mol. The summed E-state index contributed by atoms with van der Waals surface area (Å²) in [7, 11) is 1.53. The Morgan fingerprint density at radius 1 is 1.42 bits per heavy atom. The van der Waals surface area contributed by atoms with Crippen LogP contribution in [0.4, 0.5) is 5.13 Å². The Morgan fingerprint density at radius 2 is 2.15 bits per heavy atom. The van der Waals surface area contributed by atoms with Crippen LogP contribution in [0.1, 0.15) is 40.7 Å². The summed E-state index contributed by atoms with van der Waals surface area (Å²) < 4.78 is 5.25. The van der Waals surface area contributed by atoms with E-state index in [1.54, 1.807) is 18.2 Å². The molecule has 1 amide bonds. The van der Waals surface area contributed by atoms with E-state index in [2.05, 4.69) is 22.1 Å². The van der Waals surface area contributed by atoms with Crippen LogP contribution in [0, 0.1) is 12.8 Å². The number of thiazole rings is 1. The molecule has 1 aromatic heterocycles. The maximum absolute atomic E-state index is 12.6. The van der Waals surface area contributed by atoms with Crippen LogP contribution in [0.2, 0.25) is 5.02 Å². The van der Waals surface area contributed by atoms with Crippen molar-refractivity contribution in [3.63, 3.8) is 0 Å². The maximum atomic E-state index is 12.6. The highest BCUT2D eigenvalue weighted by Gasteiger charge is 2.20. The summed E-state index contributed by atoms with van der Waals surface area (Å²) >= 11 is 7.55. The zero-order valence-corrected chi connectivity index (χ0v) is 16.9. The van der Waals surface area contributed by atoms with Crippen molar-refractivity contribution in [2.75, 3.05) is 25.5 Å². The van der Waals surface area contributed by atoms with Gasteiger partial charge in [0.25, 0.3) is 5.91 Å². The Kier molecular flexibility index (Phi) is 6.16. The van der Waals surface area contributed by atoms with E-state index in [0.717, 1.165) is 31.2 Å². The average Bonchev–Trinajstić information content (AvgIpc) is 2.96. The number of nitrogens with zero attached hydrogens (tertiary/aromatic N) is 2. The Hall–Kier alpha value is -1.63. The molecule has 0 saturated carbocycles. The number of likely N-dealkylation sites (tertiary alicyclic amines) is 1. The second kappa shape index (κ2) is 8.37. The molecule has 0 spiro atoms. The number of halogens is 1. The number of carbonyl (C=O) groups is 1. The zero-order valence-electron chi connectivity index (χ0n) is 15.3. The van der Waals surface area contributed by atoms with Gasteiger partial charge in [-0.1, -0.05) is 18.5 Å². The zero-order chi connectivity index (χ0) is 18.7. The highest BCUT2D eigenvalue weighted by Crippen LogP contribution is 2.28. The van der Waals surface area contributed by atoms with Gasteiger partial charge in [-0.15, -0.1) is 11.3 Å². The molecule has 2 aromatic rings. The fourth-order valence-corrected chi connectivity index (χ4v) is 4.25. The van der Waals surface area contributed by atoms with E-state index in [1.165, 1.54) is 36.2 Å². The molecular formula is C19H24ClN3O2S. The summed E-state index contributed by atoms with van der Waals surface area (Å²) in [6.07, 6.45) is 2.49. The van der Waals surface area contributed by atoms with Crippen molar-refractivity contribution in [2.24, 2.45) is 5.92 Å². The summed E-state index contributed by atoms with van der Waals surface area (Å²) in [6.45, 7) is 7.45. The van der Waals surface area contributed by atoms with Crippen molar-refractivity contribution in [1.29, 1.82) is 0 Å². The molecule has 1 saturated heterocycles. The minimum absolute atomic E-state index is 0.267. The minimum atomic E-state index is -0.267. The number of methoxy groups -OCH3 is 1. The van der Waals surface area contributed by atoms with Gasteiger partial charge in [0.2, 0.25) is 0 Å². The van der Waals surface area contributed by atoms with Crippen LogP contribution in [0.25, 0.3) is 0 Å². The number of hydrogen-bond donors (Lipinski definition) is 1. The van der Waals surface area contributed by atoms with Gasteiger partial charge in [-0.3, -0.25) is 15.0 Å². The van der Waals surface area contributed by atoms with Gasteiger partial charge in [-0.05, 0) is 57.0 Å². The lowest BCUT2D eigenvalue weighted by Crippen LogP contribution is -2.32. The smallest absolute Gasteiger partial charge is 0.261 e. The van der Waals surface area contributed by atoms with Gasteiger partial charge in [-0.25, -0.2) is 4.98 Å². The normalized spacial score (nSPS) is 15.8. The van der Waals surface area contributed by atoms with Gasteiger partial charge in [0.1, 0.15) is 5.75 Å². The van der Waals surface area contributed by atoms with Gasteiger partial charge in [-0.2, -0.15) is 0 Å². The molecule has 140 valence electrons. The predicted octanol–water partition coefficient (Wildman–Crippen LogP) is 4.60. The van der Waals surface area contributed by atoms with Gasteiger partial charge in [0, 0.05) is 16.4 Å². The van der Waals surface area contributed by atoms with Crippen molar-refractivity contribution in [3.05, 3.63) is 39.4 Å². The third kappa shape index (κ3) is 4.55. The quantitative estimate of drug-likeness (QED) is 0.806. The molecule has 0 bridgehead atoms. The lowest BCUT2D eigenvalue weighted by molar-refractivity contribution is 0.102. The van der Waals surface area contributed by atoms with E-state index in [9.17, 15) is 4.79 Å². The third-order valence-electron chi connectivity index (χ3n) is 4.76. The molecule has 0 unspecified atom stereocenters. The Morgan fingerprint density at radius 3 is 2.85 bits per heavy atom. The van der Waals surface area contributed by atoms with Crippen molar-refractivity contribution < 1.29 is 9.53 Å². The number of carbonyl (C=O) groups excluding carboxylic acids is 1. The molecule has 1 aliphatic rings. The monoisotopic (exact) mass is 393 g/mol. The Bertz CT molecular complexity index is 785. The number of ether oxygens (including phenoxy) is 1. The fraction of sp³-hybridized carbons (Fsp3) is 0.474. The highest BCUT2D eigenvalue weighted by molar-refractivity contribution is 7.15. The van der Waals surface area contributed by atoms with Gasteiger partial charge < -0.3 is 4.74 Å². The van der Waals surface area contributed by atoms with Crippen LogP contribution in [-0.2, 0) is 6.54 Å². The number of amides is 1. The van der Waals surface area contributed by atoms with Crippen LogP contribution < -0.4 is 10.1 Å². The largest absolute Gasteiger partial charge is 0.496 e. The van der Waals surface area contributed by atoms with E-state index in [0.29, 0.717) is 21.5 Å². The van der Waals surface area contributed by atoms with E-state index in [1.807, 2.05) is 6.92 Å². The Labute approximate surface area is 163 Å². The lowest BCUT2D eigenvalue weighted by Gasteiger charge is -2.29. The topological polar surface area (TPSA) is 54.5 Å². The number of aromatic nitrogens is 1. The number of nitrogens with one attached hydrogen (secondary N) is 1. The van der Waals surface area contributed by atoms with Crippen LogP contribution in [-0.4, -0.2) is 36.0 Å².